The number of halogens is 2. The maximum atomic E-state index is 14.5. The molecule has 0 amide bonds. The molecular weight excluding hydrogens is 402 g/mol. The van der Waals surface area contributed by atoms with Crippen LogP contribution in [-0.4, -0.2) is 39.4 Å². The number of hydrogen-bond acceptors (Lipinski definition) is 3. The molecule has 0 aromatic rings. The van der Waals surface area contributed by atoms with E-state index in [-0.39, 0.29) is 40.6 Å². The summed E-state index contributed by atoms with van der Waals surface area (Å²) in [5, 5.41) is 31.1. The van der Waals surface area contributed by atoms with Crippen LogP contribution in [0.3, 0.4) is 0 Å². The van der Waals surface area contributed by atoms with Gasteiger partial charge in [0.25, 0.3) is 0 Å². The van der Waals surface area contributed by atoms with E-state index in [9.17, 15) is 23.8 Å². The van der Waals surface area contributed by atoms with E-state index < -0.39 is 23.9 Å². The van der Waals surface area contributed by atoms with Crippen LogP contribution in [0.4, 0.5) is 8.78 Å². The highest BCUT2D eigenvalue weighted by Crippen LogP contribution is 2.69. The van der Waals surface area contributed by atoms with Crippen molar-refractivity contribution in [3.8, 4) is 0 Å². The van der Waals surface area contributed by atoms with Crippen LogP contribution in [0, 0.1) is 52.3 Å². The third-order valence-electron chi connectivity index (χ3n) is 10.9. The summed E-state index contributed by atoms with van der Waals surface area (Å²) >= 11 is 0. The van der Waals surface area contributed by atoms with Gasteiger partial charge in [-0.25, -0.2) is 4.79 Å². The average Bonchev–Trinajstić information content (AvgIpc) is 3.05. The molecule has 31 heavy (non-hydrogen) atoms. The first-order chi connectivity index (χ1) is 14.4. The van der Waals surface area contributed by atoms with E-state index in [1.807, 2.05) is 0 Å². The summed E-state index contributed by atoms with van der Waals surface area (Å²) in [6.45, 7) is 7.97. The molecule has 0 saturated heterocycles. The molecule has 4 saturated carbocycles. The monoisotopic (exact) mass is 442 g/mol. The number of aliphatic hydroxyl groups is 2. The van der Waals surface area contributed by atoms with E-state index >= 15 is 0 Å². The van der Waals surface area contributed by atoms with Crippen LogP contribution in [-0.2, 0) is 4.79 Å². The number of aliphatic carboxylic acids is 1. The fraction of sp³-hybridized carbons (Fsp3) is 0.960. The molecule has 4 aliphatic carbocycles. The molecule has 0 heterocycles. The van der Waals surface area contributed by atoms with E-state index in [4.69, 9.17) is 5.11 Å². The van der Waals surface area contributed by atoms with Gasteiger partial charge >= 0.3 is 11.9 Å². The summed E-state index contributed by atoms with van der Waals surface area (Å²) in [7, 11) is 0. The topological polar surface area (TPSA) is 77.8 Å². The number of rotatable bonds is 4. The lowest BCUT2D eigenvalue weighted by molar-refractivity contribution is -0.208. The number of alkyl halides is 2. The van der Waals surface area contributed by atoms with Crippen molar-refractivity contribution in [2.24, 2.45) is 52.3 Å². The Morgan fingerprint density at radius 2 is 1.65 bits per heavy atom. The van der Waals surface area contributed by atoms with Gasteiger partial charge in [0, 0.05) is 5.92 Å². The summed E-state index contributed by atoms with van der Waals surface area (Å²) < 4.78 is 29.0. The Morgan fingerprint density at radius 3 is 2.26 bits per heavy atom. The molecule has 4 rings (SSSR count). The molecule has 0 radical (unpaired) electrons. The minimum absolute atomic E-state index is 0.0693. The number of carboxylic acid groups (broad SMARTS) is 1. The van der Waals surface area contributed by atoms with Gasteiger partial charge in [-0.2, -0.15) is 8.78 Å². The standard InChI is InChI=1S/C25H40F2O4/c1-5-15-19-12-14(28)8-10-24(19,4)18-9-11-23(3)16(13(2)25(26,27)22(30)31)6-7-17(23)20(18)21(15)29/h13-21,28-29H,5-12H2,1-4H3,(H,30,31)/t13-,14+,15+,16?,17?,18?,19-,20?,21+,23+,24+/m0/s1. The van der Waals surface area contributed by atoms with E-state index in [1.54, 1.807) is 0 Å². The van der Waals surface area contributed by atoms with Crippen molar-refractivity contribution in [1.29, 1.82) is 0 Å². The Bertz CT molecular complexity index is 714. The fourth-order valence-electron chi connectivity index (χ4n) is 9.27. The number of carboxylic acids is 1. The third kappa shape index (κ3) is 3.21. The Balaban J connectivity index is 1.68. The first kappa shape index (κ1) is 23.4. The summed E-state index contributed by atoms with van der Waals surface area (Å²) in [5.41, 5.74) is -0.296. The molecule has 4 fully saturated rings. The summed E-state index contributed by atoms with van der Waals surface area (Å²) in [5.74, 6) is -6.33. The van der Waals surface area contributed by atoms with Crippen LogP contribution >= 0.6 is 0 Å². The summed E-state index contributed by atoms with van der Waals surface area (Å²) in [6.07, 6.45) is 5.72. The molecule has 4 aliphatic rings. The van der Waals surface area contributed by atoms with Crippen LogP contribution in [0.15, 0.2) is 0 Å². The molecule has 4 nitrogen and oxygen atoms in total. The van der Waals surface area contributed by atoms with Crippen molar-refractivity contribution in [3.63, 3.8) is 0 Å². The van der Waals surface area contributed by atoms with Gasteiger partial charge in [-0.1, -0.05) is 34.1 Å². The average molecular weight is 443 g/mol. The highest BCUT2D eigenvalue weighted by Gasteiger charge is 2.66. The van der Waals surface area contributed by atoms with Gasteiger partial charge < -0.3 is 15.3 Å². The van der Waals surface area contributed by atoms with Crippen molar-refractivity contribution >= 4 is 5.97 Å². The Hall–Kier alpha value is -0.750. The first-order valence-corrected chi connectivity index (χ1v) is 12.4. The molecular formula is C25H40F2O4. The first-order valence-electron chi connectivity index (χ1n) is 12.4. The highest BCUT2D eigenvalue weighted by atomic mass is 19.3. The van der Waals surface area contributed by atoms with Crippen molar-refractivity contribution in [3.05, 3.63) is 0 Å². The molecule has 4 unspecified atom stereocenters. The SMILES string of the molecule is CC[C@H]1[C@@H](O)C2C3CCC([C@H](C)C(F)(F)C(=O)O)[C@@]3(C)CCC2[C@@]2(C)CC[C@@H](O)C[C@@H]12. The van der Waals surface area contributed by atoms with Crippen molar-refractivity contribution in [1.82, 2.24) is 0 Å². The molecule has 178 valence electrons. The molecule has 0 aliphatic heterocycles. The van der Waals surface area contributed by atoms with Crippen molar-refractivity contribution in [2.75, 3.05) is 0 Å². The predicted molar refractivity (Wildman–Crippen MR) is 114 cm³/mol. The summed E-state index contributed by atoms with van der Waals surface area (Å²) in [4.78, 5) is 11.3. The Morgan fingerprint density at radius 1 is 1.03 bits per heavy atom. The second kappa shape index (κ2) is 7.65. The van der Waals surface area contributed by atoms with Crippen LogP contribution in [0.2, 0.25) is 0 Å². The normalized spacial score (nSPS) is 50.8. The molecule has 11 atom stereocenters. The van der Waals surface area contributed by atoms with Gasteiger partial charge in [0.1, 0.15) is 0 Å². The quantitative estimate of drug-likeness (QED) is 0.574. The smallest absolute Gasteiger partial charge is 0.374 e. The van der Waals surface area contributed by atoms with E-state index in [1.165, 1.54) is 6.92 Å². The lowest BCUT2D eigenvalue weighted by Crippen LogP contribution is -2.62. The minimum atomic E-state index is -3.73. The van der Waals surface area contributed by atoms with Gasteiger partial charge in [0.15, 0.2) is 0 Å². The second-order valence-corrected chi connectivity index (χ2v) is 11.8. The van der Waals surface area contributed by atoms with Gasteiger partial charge in [0.05, 0.1) is 12.2 Å². The number of aliphatic hydroxyl groups excluding tert-OH is 2. The van der Waals surface area contributed by atoms with Gasteiger partial charge in [0.2, 0.25) is 0 Å². The number of carbonyl (C=O) groups is 1. The van der Waals surface area contributed by atoms with Crippen molar-refractivity contribution in [2.45, 2.75) is 97.2 Å². The zero-order valence-corrected chi connectivity index (χ0v) is 19.4. The molecule has 6 heteroatoms. The van der Waals surface area contributed by atoms with Crippen molar-refractivity contribution < 1.29 is 28.9 Å². The van der Waals surface area contributed by atoms with Gasteiger partial charge in [-0.15, -0.1) is 0 Å². The van der Waals surface area contributed by atoms with Crippen LogP contribution in [0.5, 0.6) is 0 Å². The lowest BCUT2D eigenvalue weighted by Gasteiger charge is -2.64. The van der Waals surface area contributed by atoms with E-state index in [0.29, 0.717) is 18.3 Å². The fourth-order valence-corrected chi connectivity index (χ4v) is 9.27. The second-order valence-electron chi connectivity index (χ2n) is 11.8. The zero-order chi connectivity index (χ0) is 22.9. The molecule has 0 bridgehead atoms. The van der Waals surface area contributed by atoms with Crippen LogP contribution in [0.25, 0.3) is 0 Å². The van der Waals surface area contributed by atoms with Crippen LogP contribution in [0.1, 0.15) is 79.1 Å². The largest absolute Gasteiger partial charge is 0.477 e. The molecule has 3 N–H and O–H groups in total. The van der Waals surface area contributed by atoms with Gasteiger partial charge in [-0.05, 0) is 91.3 Å². The maximum absolute atomic E-state index is 14.5. The minimum Gasteiger partial charge on any atom is -0.477 e. The summed E-state index contributed by atoms with van der Waals surface area (Å²) in [6, 6.07) is 0. The Labute approximate surface area is 184 Å². The Kier molecular flexibility index (Phi) is 5.77. The molecule has 0 aromatic carbocycles. The molecule has 0 aromatic heterocycles. The predicted octanol–water partition coefficient (Wildman–Crippen LogP) is 4.97. The van der Waals surface area contributed by atoms with Gasteiger partial charge in [-0.3, -0.25) is 0 Å². The van der Waals surface area contributed by atoms with Crippen LogP contribution < -0.4 is 0 Å². The zero-order valence-electron chi connectivity index (χ0n) is 19.4. The lowest BCUT2D eigenvalue weighted by atomic mass is 9.41. The molecule has 0 spiro atoms. The van der Waals surface area contributed by atoms with E-state index in [2.05, 4.69) is 20.8 Å². The number of hydrogen-bond donors (Lipinski definition) is 3. The third-order valence-corrected chi connectivity index (χ3v) is 10.9. The maximum Gasteiger partial charge on any atom is 0.374 e. The van der Waals surface area contributed by atoms with E-state index in [0.717, 1.165) is 44.9 Å². The highest BCUT2D eigenvalue weighted by molar-refractivity contribution is 5.75. The number of fused-ring (bicyclic) bond motifs is 5.